The molecule has 1 aliphatic rings. The monoisotopic (exact) mass is 308 g/mol. The Labute approximate surface area is 133 Å². The molecule has 1 rings (SSSR count). The summed E-state index contributed by atoms with van der Waals surface area (Å²) in [7, 11) is 0. The van der Waals surface area contributed by atoms with Gasteiger partial charge in [-0.05, 0) is 19.8 Å². The summed E-state index contributed by atoms with van der Waals surface area (Å²) in [5.41, 5.74) is 0.254. The summed E-state index contributed by atoms with van der Waals surface area (Å²) >= 11 is 0. The molecule has 1 fully saturated rings. The van der Waals surface area contributed by atoms with Crippen LogP contribution in [0.5, 0.6) is 0 Å². The van der Waals surface area contributed by atoms with Gasteiger partial charge < -0.3 is 9.53 Å². The fraction of sp³-hybridized carbons (Fsp3) is 0.722. The minimum absolute atomic E-state index is 0.0170. The average Bonchev–Trinajstić information content (AvgIpc) is 2.75. The Bertz CT molecular complexity index is 425. The number of ether oxygens (including phenoxy) is 1. The molecule has 4 nitrogen and oxygen atoms in total. The Kier molecular flexibility index (Phi) is 8.07. The molecule has 1 heterocycles. The molecule has 1 aliphatic heterocycles. The molecule has 0 aromatic rings. The van der Waals surface area contributed by atoms with Gasteiger partial charge in [-0.3, -0.25) is 4.79 Å². The fourth-order valence-electron chi connectivity index (χ4n) is 2.84. The van der Waals surface area contributed by atoms with E-state index < -0.39 is 11.9 Å². The zero-order chi connectivity index (χ0) is 16.5. The number of cyclic esters (lactones) is 1. The van der Waals surface area contributed by atoms with Crippen LogP contribution in [0.2, 0.25) is 0 Å². The molecule has 124 valence electrons. The van der Waals surface area contributed by atoms with Gasteiger partial charge >= 0.3 is 5.97 Å². The molecule has 2 atom stereocenters. The van der Waals surface area contributed by atoms with Crippen LogP contribution in [0.4, 0.5) is 0 Å². The van der Waals surface area contributed by atoms with E-state index in [9.17, 15) is 14.4 Å². The van der Waals surface area contributed by atoms with Crippen LogP contribution < -0.4 is 0 Å². The van der Waals surface area contributed by atoms with E-state index >= 15 is 0 Å². The first kappa shape index (κ1) is 18.6. The quantitative estimate of drug-likeness (QED) is 0.331. The van der Waals surface area contributed by atoms with Gasteiger partial charge in [-0.1, -0.05) is 45.6 Å². The number of carbonyl (C=O) groups excluding carboxylic acids is 3. The Morgan fingerprint density at radius 3 is 2.36 bits per heavy atom. The molecule has 0 N–H and O–H groups in total. The van der Waals surface area contributed by atoms with Gasteiger partial charge in [0, 0.05) is 18.4 Å². The molecule has 4 heteroatoms. The standard InChI is InChI=1S/C18H28O4/c1-4-5-6-7-8-9-10-16-17(14(3)18(21)22-16)15(20)12-11-13(2)19/h16-17H,3-12H2,1-2H3/t16-,17-/m0/s1. The molecule has 0 spiro atoms. The van der Waals surface area contributed by atoms with Crippen LogP contribution in [0.3, 0.4) is 0 Å². The molecule has 0 bridgehead atoms. The van der Waals surface area contributed by atoms with Gasteiger partial charge in [0.2, 0.25) is 0 Å². The van der Waals surface area contributed by atoms with Gasteiger partial charge in [-0.15, -0.1) is 0 Å². The van der Waals surface area contributed by atoms with Crippen LogP contribution in [0.25, 0.3) is 0 Å². The highest BCUT2D eigenvalue weighted by Gasteiger charge is 2.42. The minimum atomic E-state index is -0.553. The Hall–Kier alpha value is -1.45. The number of unbranched alkanes of at least 4 members (excludes halogenated alkanes) is 5. The van der Waals surface area contributed by atoms with Crippen LogP contribution in [-0.2, 0) is 19.1 Å². The Morgan fingerprint density at radius 1 is 1.09 bits per heavy atom. The lowest BCUT2D eigenvalue weighted by molar-refractivity contribution is -0.140. The van der Waals surface area contributed by atoms with Gasteiger partial charge in [0.15, 0.2) is 0 Å². The second-order valence-electron chi connectivity index (χ2n) is 6.17. The number of hydrogen-bond donors (Lipinski definition) is 0. The summed E-state index contributed by atoms with van der Waals surface area (Å²) in [4.78, 5) is 34.9. The number of esters is 1. The van der Waals surface area contributed by atoms with Crippen molar-refractivity contribution in [2.24, 2.45) is 5.92 Å². The van der Waals surface area contributed by atoms with Gasteiger partial charge in [0.1, 0.15) is 17.7 Å². The van der Waals surface area contributed by atoms with E-state index in [0.717, 1.165) is 12.8 Å². The predicted octanol–water partition coefficient (Wildman–Crippen LogP) is 3.77. The average molecular weight is 308 g/mol. The highest BCUT2D eigenvalue weighted by molar-refractivity contribution is 6.01. The smallest absolute Gasteiger partial charge is 0.334 e. The van der Waals surface area contributed by atoms with Gasteiger partial charge in [0.25, 0.3) is 0 Å². The van der Waals surface area contributed by atoms with E-state index in [1.54, 1.807) is 0 Å². The lowest BCUT2D eigenvalue weighted by Gasteiger charge is -2.16. The van der Waals surface area contributed by atoms with Crippen LogP contribution in [-0.4, -0.2) is 23.6 Å². The van der Waals surface area contributed by atoms with E-state index in [2.05, 4.69) is 13.5 Å². The molecule has 0 aromatic carbocycles. The summed E-state index contributed by atoms with van der Waals surface area (Å²) < 4.78 is 5.30. The molecular weight excluding hydrogens is 280 g/mol. The predicted molar refractivity (Wildman–Crippen MR) is 85.4 cm³/mol. The van der Waals surface area contributed by atoms with Crippen LogP contribution in [0.1, 0.15) is 71.6 Å². The highest BCUT2D eigenvalue weighted by atomic mass is 16.6. The zero-order valence-electron chi connectivity index (χ0n) is 13.9. The first-order chi connectivity index (χ1) is 10.5. The lowest BCUT2D eigenvalue weighted by Crippen LogP contribution is -2.25. The van der Waals surface area contributed by atoms with E-state index in [-0.39, 0.29) is 36.1 Å². The van der Waals surface area contributed by atoms with Gasteiger partial charge in [-0.2, -0.15) is 0 Å². The van der Waals surface area contributed by atoms with E-state index in [0.29, 0.717) is 6.42 Å². The molecule has 22 heavy (non-hydrogen) atoms. The minimum Gasteiger partial charge on any atom is -0.458 e. The number of rotatable bonds is 11. The number of carbonyl (C=O) groups is 3. The van der Waals surface area contributed by atoms with E-state index in [4.69, 9.17) is 4.74 Å². The first-order valence-electron chi connectivity index (χ1n) is 8.39. The van der Waals surface area contributed by atoms with Crippen LogP contribution in [0.15, 0.2) is 12.2 Å². The number of Topliss-reactive ketones (excluding diaryl/α,β-unsaturated/α-hetero) is 2. The zero-order valence-corrected chi connectivity index (χ0v) is 13.9. The number of hydrogen-bond acceptors (Lipinski definition) is 4. The van der Waals surface area contributed by atoms with Crippen molar-refractivity contribution in [2.75, 3.05) is 0 Å². The maximum atomic E-state index is 12.2. The molecular formula is C18H28O4. The molecule has 0 unspecified atom stereocenters. The van der Waals surface area contributed by atoms with Crippen LogP contribution in [0, 0.1) is 5.92 Å². The van der Waals surface area contributed by atoms with Crippen molar-refractivity contribution in [1.82, 2.24) is 0 Å². The summed E-state index contributed by atoms with van der Waals surface area (Å²) in [5.74, 6) is -1.13. The molecule has 0 aliphatic carbocycles. The normalized spacial score (nSPS) is 21.0. The van der Waals surface area contributed by atoms with E-state index in [1.165, 1.54) is 32.6 Å². The Morgan fingerprint density at radius 2 is 1.73 bits per heavy atom. The molecule has 0 radical (unpaired) electrons. The van der Waals surface area contributed by atoms with E-state index in [1.807, 2.05) is 0 Å². The maximum Gasteiger partial charge on any atom is 0.334 e. The van der Waals surface area contributed by atoms with Crippen molar-refractivity contribution in [3.05, 3.63) is 12.2 Å². The molecule has 0 aromatic heterocycles. The fourth-order valence-corrected chi connectivity index (χ4v) is 2.84. The van der Waals surface area contributed by atoms with Crippen molar-refractivity contribution < 1.29 is 19.1 Å². The molecule has 0 saturated carbocycles. The summed E-state index contributed by atoms with van der Waals surface area (Å²) in [6, 6.07) is 0. The Balaban J connectivity index is 2.45. The van der Waals surface area contributed by atoms with Crippen molar-refractivity contribution >= 4 is 17.5 Å². The molecule has 1 saturated heterocycles. The second-order valence-corrected chi connectivity index (χ2v) is 6.17. The van der Waals surface area contributed by atoms with Crippen LogP contribution >= 0.6 is 0 Å². The molecule has 0 amide bonds. The topological polar surface area (TPSA) is 60.4 Å². The summed E-state index contributed by atoms with van der Waals surface area (Å²) in [6.45, 7) is 7.35. The van der Waals surface area contributed by atoms with Crippen molar-refractivity contribution in [1.29, 1.82) is 0 Å². The van der Waals surface area contributed by atoms with Gasteiger partial charge in [-0.25, -0.2) is 4.79 Å². The third-order valence-corrected chi connectivity index (χ3v) is 4.18. The van der Waals surface area contributed by atoms with Crippen molar-refractivity contribution in [2.45, 2.75) is 77.7 Å². The van der Waals surface area contributed by atoms with Crippen molar-refractivity contribution in [3.8, 4) is 0 Å². The largest absolute Gasteiger partial charge is 0.458 e. The lowest BCUT2D eigenvalue weighted by atomic mass is 9.87. The summed E-state index contributed by atoms with van der Waals surface area (Å²) in [5, 5.41) is 0. The maximum absolute atomic E-state index is 12.2. The SMILES string of the molecule is C=C1C(=O)O[C@@H](CCCCCCCC)[C@@H]1C(=O)CCC(C)=O. The van der Waals surface area contributed by atoms with Crippen molar-refractivity contribution in [3.63, 3.8) is 0 Å². The van der Waals surface area contributed by atoms with Gasteiger partial charge in [0.05, 0.1) is 5.92 Å². The first-order valence-corrected chi connectivity index (χ1v) is 8.39. The summed E-state index contributed by atoms with van der Waals surface area (Å²) in [6.07, 6.45) is 7.63. The third kappa shape index (κ3) is 5.74. The number of ketones is 2. The second kappa shape index (κ2) is 9.54. The highest BCUT2D eigenvalue weighted by Crippen LogP contribution is 2.32. The third-order valence-electron chi connectivity index (χ3n) is 4.18.